The summed E-state index contributed by atoms with van der Waals surface area (Å²) in [5.41, 5.74) is 3.74. The van der Waals surface area contributed by atoms with Crippen molar-refractivity contribution in [2.24, 2.45) is 12.0 Å². The van der Waals surface area contributed by atoms with E-state index in [0.29, 0.717) is 6.54 Å². The number of aliphatic imine (C=N–C) groups is 1. The maximum absolute atomic E-state index is 4.98. The molecular weight excluding hydrogens is 350 g/mol. The summed E-state index contributed by atoms with van der Waals surface area (Å²) in [7, 11) is 2.03. The van der Waals surface area contributed by atoms with E-state index < -0.39 is 0 Å². The molecule has 0 atom stereocenters. The molecule has 0 radical (unpaired) electrons. The number of piperazine rings is 1. The van der Waals surface area contributed by atoms with Crippen LogP contribution in [0.3, 0.4) is 0 Å². The lowest BCUT2D eigenvalue weighted by atomic mass is 10.1. The Labute approximate surface area is 168 Å². The summed E-state index contributed by atoms with van der Waals surface area (Å²) in [4.78, 5) is 14.2. The van der Waals surface area contributed by atoms with Crippen molar-refractivity contribution in [1.29, 1.82) is 0 Å². The summed E-state index contributed by atoms with van der Waals surface area (Å²) in [6.45, 7) is 11.8. The Bertz CT molecular complexity index is 774. The molecule has 2 aromatic rings. The Morgan fingerprint density at radius 1 is 1.11 bits per heavy atom. The SMILES string of the molecule is CCNC(=NCc1c(CC)nn(C)c1CC)N1CCN(c2ccccn2)CC1. The first-order valence-electron chi connectivity index (χ1n) is 10.4. The third kappa shape index (κ3) is 4.46. The molecule has 3 heterocycles. The van der Waals surface area contributed by atoms with Crippen molar-refractivity contribution < 1.29 is 0 Å². The van der Waals surface area contributed by atoms with Gasteiger partial charge >= 0.3 is 0 Å². The van der Waals surface area contributed by atoms with Gasteiger partial charge in [-0.3, -0.25) is 4.68 Å². The van der Waals surface area contributed by atoms with Gasteiger partial charge in [-0.1, -0.05) is 19.9 Å². The number of pyridine rings is 1. The highest BCUT2D eigenvalue weighted by Crippen LogP contribution is 2.17. The number of hydrogen-bond donors (Lipinski definition) is 1. The van der Waals surface area contributed by atoms with Crippen LogP contribution in [0.25, 0.3) is 0 Å². The molecule has 1 saturated heterocycles. The van der Waals surface area contributed by atoms with Gasteiger partial charge in [0.1, 0.15) is 5.82 Å². The van der Waals surface area contributed by atoms with Crippen LogP contribution in [-0.4, -0.2) is 58.3 Å². The Hall–Kier alpha value is -2.57. The van der Waals surface area contributed by atoms with Gasteiger partial charge in [-0.05, 0) is 31.9 Å². The second kappa shape index (κ2) is 9.57. The summed E-state index contributed by atoms with van der Waals surface area (Å²) in [6.07, 6.45) is 3.78. The molecule has 0 spiro atoms. The Balaban J connectivity index is 1.70. The minimum atomic E-state index is 0.684. The van der Waals surface area contributed by atoms with E-state index in [-0.39, 0.29) is 0 Å². The van der Waals surface area contributed by atoms with Crippen molar-refractivity contribution in [1.82, 2.24) is 25.0 Å². The fourth-order valence-corrected chi connectivity index (χ4v) is 3.84. The van der Waals surface area contributed by atoms with Crippen LogP contribution >= 0.6 is 0 Å². The highest BCUT2D eigenvalue weighted by Gasteiger charge is 2.21. The monoisotopic (exact) mass is 383 g/mol. The number of hydrogen-bond acceptors (Lipinski definition) is 4. The van der Waals surface area contributed by atoms with E-state index in [2.05, 4.69) is 52.0 Å². The molecule has 152 valence electrons. The van der Waals surface area contributed by atoms with Gasteiger partial charge in [-0.2, -0.15) is 5.10 Å². The zero-order valence-corrected chi connectivity index (χ0v) is 17.6. The molecule has 0 amide bonds. The van der Waals surface area contributed by atoms with Gasteiger partial charge < -0.3 is 15.1 Å². The molecule has 1 aliphatic heterocycles. The normalized spacial score (nSPS) is 15.2. The van der Waals surface area contributed by atoms with E-state index in [9.17, 15) is 0 Å². The second-order valence-corrected chi connectivity index (χ2v) is 7.03. The molecule has 0 unspecified atom stereocenters. The van der Waals surface area contributed by atoms with Crippen LogP contribution in [0.1, 0.15) is 37.7 Å². The molecule has 0 bridgehead atoms. The predicted octanol–water partition coefficient (Wildman–Crippen LogP) is 2.23. The lowest BCUT2D eigenvalue weighted by Crippen LogP contribution is -2.52. The van der Waals surface area contributed by atoms with E-state index >= 15 is 0 Å². The van der Waals surface area contributed by atoms with Crippen LogP contribution in [0, 0.1) is 0 Å². The third-order valence-electron chi connectivity index (χ3n) is 5.30. The first kappa shape index (κ1) is 20.2. The number of aromatic nitrogens is 3. The molecule has 1 aliphatic rings. The van der Waals surface area contributed by atoms with Gasteiger partial charge in [0.15, 0.2) is 5.96 Å². The standard InChI is InChI=1S/C21H33N7/c1-5-18-17(19(6-2)26(4)25-18)16-24-21(22-7-3)28-14-12-27(13-15-28)20-10-8-9-11-23-20/h8-11H,5-7,12-16H2,1-4H3,(H,22,24). The van der Waals surface area contributed by atoms with Crippen LogP contribution in [0.4, 0.5) is 5.82 Å². The minimum Gasteiger partial charge on any atom is -0.357 e. The van der Waals surface area contributed by atoms with Gasteiger partial charge in [-0.25, -0.2) is 9.98 Å². The van der Waals surface area contributed by atoms with Gasteiger partial charge in [0.25, 0.3) is 0 Å². The molecule has 28 heavy (non-hydrogen) atoms. The summed E-state index contributed by atoms with van der Waals surface area (Å²) in [6, 6.07) is 6.09. The van der Waals surface area contributed by atoms with Gasteiger partial charge in [0, 0.05) is 57.2 Å². The zero-order chi connectivity index (χ0) is 19.9. The molecule has 0 aliphatic carbocycles. The lowest BCUT2D eigenvalue weighted by molar-refractivity contribution is 0.371. The molecule has 2 aromatic heterocycles. The smallest absolute Gasteiger partial charge is 0.194 e. The lowest BCUT2D eigenvalue weighted by Gasteiger charge is -2.37. The van der Waals surface area contributed by atoms with E-state index in [1.807, 2.05) is 30.1 Å². The van der Waals surface area contributed by atoms with Crippen LogP contribution < -0.4 is 10.2 Å². The van der Waals surface area contributed by atoms with Gasteiger partial charge in [-0.15, -0.1) is 0 Å². The van der Waals surface area contributed by atoms with Crippen LogP contribution in [-0.2, 0) is 26.4 Å². The predicted molar refractivity (Wildman–Crippen MR) is 115 cm³/mol. The highest BCUT2D eigenvalue weighted by molar-refractivity contribution is 5.80. The zero-order valence-electron chi connectivity index (χ0n) is 17.6. The summed E-state index contributed by atoms with van der Waals surface area (Å²) in [5, 5.41) is 8.15. The Morgan fingerprint density at radius 2 is 1.89 bits per heavy atom. The molecule has 1 N–H and O–H groups in total. The summed E-state index contributed by atoms with van der Waals surface area (Å²) in [5.74, 6) is 2.05. The number of guanidine groups is 1. The topological polar surface area (TPSA) is 61.6 Å². The van der Waals surface area contributed by atoms with Crippen molar-refractivity contribution in [3.63, 3.8) is 0 Å². The maximum Gasteiger partial charge on any atom is 0.194 e. The number of nitrogens with zero attached hydrogens (tertiary/aromatic N) is 6. The van der Waals surface area contributed by atoms with Crippen molar-refractivity contribution in [3.8, 4) is 0 Å². The largest absolute Gasteiger partial charge is 0.357 e. The first-order chi connectivity index (χ1) is 13.7. The summed E-state index contributed by atoms with van der Waals surface area (Å²) < 4.78 is 2.02. The van der Waals surface area contributed by atoms with Gasteiger partial charge in [0.2, 0.25) is 0 Å². The molecule has 0 saturated carbocycles. The highest BCUT2D eigenvalue weighted by atomic mass is 15.4. The van der Waals surface area contributed by atoms with Crippen LogP contribution in [0.5, 0.6) is 0 Å². The van der Waals surface area contributed by atoms with Crippen LogP contribution in [0.2, 0.25) is 0 Å². The quantitative estimate of drug-likeness (QED) is 0.612. The fourth-order valence-electron chi connectivity index (χ4n) is 3.84. The minimum absolute atomic E-state index is 0.684. The van der Waals surface area contributed by atoms with E-state index in [1.165, 1.54) is 17.0 Å². The number of nitrogens with one attached hydrogen (secondary N) is 1. The summed E-state index contributed by atoms with van der Waals surface area (Å²) >= 11 is 0. The Morgan fingerprint density at radius 3 is 2.50 bits per heavy atom. The van der Waals surface area contributed by atoms with Crippen molar-refractivity contribution in [2.45, 2.75) is 40.2 Å². The van der Waals surface area contributed by atoms with Crippen LogP contribution in [0.15, 0.2) is 29.4 Å². The number of anilines is 1. The third-order valence-corrected chi connectivity index (χ3v) is 5.30. The van der Waals surface area contributed by atoms with Crippen molar-refractivity contribution in [3.05, 3.63) is 41.3 Å². The average Bonchev–Trinajstić information content (AvgIpc) is 3.06. The number of aryl methyl sites for hydroxylation is 2. The van der Waals surface area contributed by atoms with Gasteiger partial charge in [0.05, 0.1) is 12.2 Å². The van der Waals surface area contributed by atoms with E-state index in [4.69, 9.17) is 4.99 Å². The number of rotatable bonds is 6. The molecular formula is C21H33N7. The Kier molecular flexibility index (Phi) is 6.90. The molecule has 3 rings (SSSR count). The maximum atomic E-state index is 4.98. The van der Waals surface area contributed by atoms with Crippen molar-refractivity contribution >= 4 is 11.8 Å². The molecule has 7 heteroatoms. The fraction of sp³-hybridized carbons (Fsp3) is 0.571. The average molecular weight is 384 g/mol. The molecule has 0 aromatic carbocycles. The second-order valence-electron chi connectivity index (χ2n) is 7.03. The van der Waals surface area contributed by atoms with E-state index in [0.717, 1.165) is 57.3 Å². The van der Waals surface area contributed by atoms with E-state index in [1.54, 1.807) is 0 Å². The first-order valence-corrected chi connectivity index (χ1v) is 10.4. The molecule has 1 fully saturated rings. The molecule has 7 nitrogen and oxygen atoms in total. The van der Waals surface area contributed by atoms with Crippen molar-refractivity contribution in [2.75, 3.05) is 37.6 Å².